The molecule has 0 aliphatic rings. The van der Waals surface area contributed by atoms with Crippen LogP contribution in [-0.4, -0.2) is 5.33 Å². The number of alkyl halides is 1. The van der Waals surface area contributed by atoms with Gasteiger partial charge in [-0.1, -0.05) is 22.0 Å². The van der Waals surface area contributed by atoms with Crippen LogP contribution in [0.15, 0.2) is 11.6 Å². The summed E-state index contributed by atoms with van der Waals surface area (Å²) in [5.74, 6) is 0. The second-order valence-corrected chi connectivity index (χ2v) is 1.62. The molecule has 38 valence electrons. The molecule has 1 nitrogen and oxygen atoms in total. The van der Waals surface area contributed by atoms with Crippen LogP contribution in [0.1, 0.15) is 6.92 Å². The number of nitriles is 1. The molecule has 0 aliphatic heterocycles. The average molecular weight is 160 g/mol. The Labute approximate surface area is 51.8 Å². The first kappa shape index (κ1) is 6.71. The van der Waals surface area contributed by atoms with Gasteiger partial charge in [-0.2, -0.15) is 5.26 Å². The zero-order valence-corrected chi connectivity index (χ0v) is 5.70. The van der Waals surface area contributed by atoms with E-state index < -0.39 is 0 Å². The average Bonchev–Trinajstić information content (AvgIpc) is 1.72. The van der Waals surface area contributed by atoms with E-state index in [0.717, 1.165) is 5.57 Å². The van der Waals surface area contributed by atoms with Gasteiger partial charge in [0.05, 0.1) is 6.07 Å². The fourth-order valence-corrected chi connectivity index (χ4v) is 0.621. The second-order valence-electron chi connectivity index (χ2n) is 1.06. The van der Waals surface area contributed by atoms with E-state index in [1.807, 2.05) is 13.0 Å². The highest BCUT2D eigenvalue weighted by Crippen LogP contribution is 1.94. The van der Waals surface area contributed by atoms with E-state index in [1.54, 1.807) is 6.08 Å². The first-order valence-corrected chi connectivity index (χ1v) is 3.08. The van der Waals surface area contributed by atoms with Crippen molar-refractivity contribution >= 4 is 15.9 Å². The Kier molecular flexibility index (Phi) is 3.72. The third kappa shape index (κ3) is 2.41. The molecule has 0 aliphatic carbocycles. The largest absolute Gasteiger partial charge is 0.193 e. The predicted octanol–water partition coefficient (Wildman–Crippen LogP) is 1.85. The van der Waals surface area contributed by atoms with Gasteiger partial charge >= 0.3 is 0 Å². The van der Waals surface area contributed by atoms with Gasteiger partial charge in [-0.25, -0.2) is 0 Å². The van der Waals surface area contributed by atoms with Gasteiger partial charge in [0.25, 0.3) is 0 Å². The smallest absolute Gasteiger partial charge is 0.0952 e. The summed E-state index contributed by atoms with van der Waals surface area (Å²) in [5, 5.41) is 8.84. The fraction of sp³-hybridized carbons (Fsp3) is 0.400. The van der Waals surface area contributed by atoms with Gasteiger partial charge in [0, 0.05) is 10.9 Å². The molecule has 0 rings (SSSR count). The van der Waals surface area contributed by atoms with E-state index in [4.69, 9.17) is 5.26 Å². The minimum Gasteiger partial charge on any atom is -0.193 e. The highest BCUT2D eigenvalue weighted by atomic mass is 79.9. The van der Waals surface area contributed by atoms with E-state index in [-0.39, 0.29) is 0 Å². The number of hydrogen-bond acceptors (Lipinski definition) is 1. The molecular weight excluding hydrogens is 154 g/mol. The number of rotatable bonds is 1. The summed E-state index contributed by atoms with van der Waals surface area (Å²) >= 11 is 3.15. The Bertz CT molecular complexity index is 110. The molecule has 0 spiro atoms. The SMILES string of the molecule is CC=C(C#N)CBr. The van der Waals surface area contributed by atoms with Crippen molar-refractivity contribution < 1.29 is 0 Å². The summed E-state index contributed by atoms with van der Waals surface area (Å²) in [4.78, 5) is 0. The number of halogens is 1. The van der Waals surface area contributed by atoms with E-state index in [9.17, 15) is 0 Å². The molecule has 0 aromatic carbocycles. The topological polar surface area (TPSA) is 23.8 Å². The van der Waals surface area contributed by atoms with Crippen LogP contribution < -0.4 is 0 Å². The van der Waals surface area contributed by atoms with E-state index in [0.29, 0.717) is 5.33 Å². The van der Waals surface area contributed by atoms with Gasteiger partial charge in [-0.3, -0.25) is 0 Å². The summed E-state index contributed by atoms with van der Waals surface area (Å²) in [6.45, 7) is 1.85. The fourth-order valence-electron chi connectivity index (χ4n) is 0.172. The first-order valence-electron chi connectivity index (χ1n) is 1.96. The minimum absolute atomic E-state index is 0.667. The van der Waals surface area contributed by atoms with Crippen LogP contribution in [0.25, 0.3) is 0 Å². The molecule has 0 saturated heterocycles. The zero-order valence-electron chi connectivity index (χ0n) is 4.11. The summed E-state index contributed by atoms with van der Waals surface area (Å²) in [7, 11) is 0. The molecule has 0 aromatic heterocycles. The third-order valence-electron chi connectivity index (χ3n) is 0.636. The van der Waals surface area contributed by atoms with Crippen LogP contribution in [0.3, 0.4) is 0 Å². The Hall–Kier alpha value is -0.290. The van der Waals surface area contributed by atoms with E-state index in [1.165, 1.54) is 0 Å². The summed E-state index contributed by atoms with van der Waals surface area (Å²) in [6, 6.07) is 2.02. The molecule has 0 atom stereocenters. The highest BCUT2D eigenvalue weighted by molar-refractivity contribution is 9.09. The molecule has 0 unspecified atom stereocenters. The molecule has 2 heteroatoms. The molecule has 0 N–H and O–H groups in total. The quantitative estimate of drug-likeness (QED) is 0.424. The van der Waals surface area contributed by atoms with Crippen molar-refractivity contribution in [3.63, 3.8) is 0 Å². The molecule has 0 fully saturated rings. The Morgan fingerprint density at radius 2 is 2.57 bits per heavy atom. The van der Waals surface area contributed by atoms with Gasteiger partial charge in [0.1, 0.15) is 0 Å². The maximum atomic E-state index is 8.18. The zero-order chi connectivity index (χ0) is 5.70. The molecule has 0 saturated carbocycles. The van der Waals surface area contributed by atoms with Gasteiger partial charge < -0.3 is 0 Å². The van der Waals surface area contributed by atoms with E-state index >= 15 is 0 Å². The van der Waals surface area contributed by atoms with Gasteiger partial charge in [-0.05, 0) is 6.92 Å². The Balaban J connectivity index is 3.68. The number of allylic oxidation sites excluding steroid dienone is 2. The van der Waals surface area contributed by atoms with Gasteiger partial charge in [-0.15, -0.1) is 0 Å². The van der Waals surface area contributed by atoms with Crippen molar-refractivity contribution in [2.45, 2.75) is 6.92 Å². The molecule has 0 heterocycles. The monoisotopic (exact) mass is 159 g/mol. The van der Waals surface area contributed by atoms with Crippen LogP contribution >= 0.6 is 15.9 Å². The highest BCUT2D eigenvalue weighted by Gasteiger charge is 1.83. The molecular formula is C5H6BrN. The standard InChI is InChI=1S/C5H6BrN/c1-2-5(3-6)4-7/h2H,3H2,1H3. The summed E-state index contributed by atoms with van der Waals surface area (Å²) in [6.07, 6.45) is 1.79. The molecule has 0 bridgehead atoms. The van der Waals surface area contributed by atoms with Crippen molar-refractivity contribution in [1.82, 2.24) is 0 Å². The molecule has 7 heavy (non-hydrogen) atoms. The van der Waals surface area contributed by atoms with Crippen molar-refractivity contribution in [2.75, 3.05) is 5.33 Å². The minimum atomic E-state index is 0.667. The summed E-state index contributed by atoms with van der Waals surface area (Å²) in [5.41, 5.74) is 0.778. The van der Waals surface area contributed by atoms with Crippen LogP contribution in [0, 0.1) is 11.3 Å². The number of nitrogens with zero attached hydrogens (tertiary/aromatic N) is 1. The van der Waals surface area contributed by atoms with Crippen molar-refractivity contribution in [3.8, 4) is 6.07 Å². The van der Waals surface area contributed by atoms with Crippen molar-refractivity contribution in [3.05, 3.63) is 11.6 Å². The lowest BCUT2D eigenvalue weighted by atomic mass is 10.3. The predicted molar refractivity (Wildman–Crippen MR) is 33.2 cm³/mol. The number of hydrogen-bond donors (Lipinski definition) is 0. The maximum absolute atomic E-state index is 8.18. The third-order valence-corrected chi connectivity index (χ3v) is 1.24. The van der Waals surface area contributed by atoms with Crippen molar-refractivity contribution in [2.24, 2.45) is 0 Å². The van der Waals surface area contributed by atoms with Gasteiger partial charge in [0.15, 0.2) is 0 Å². The van der Waals surface area contributed by atoms with Crippen LogP contribution in [0.4, 0.5) is 0 Å². The van der Waals surface area contributed by atoms with Crippen molar-refractivity contribution in [1.29, 1.82) is 5.26 Å². The lowest BCUT2D eigenvalue weighted by Crippen LogP contribution is -1.73. The lowest BCUT2D eigenvalue weighted by molar-refractivity contribution is 1.44. The van der Waals surface area contributed by atoms with Crippen LogP contribution in [0.2, 0.25) is 0 Å². The molecule has 0 amide bonds. The second kappa shape index (κ2) is 3.89. The Morgan fingerprint density at radius 3 is 2.57 bits per heavy atom. The lowest BCUT2D eigenvalue weighted by Gasteiger charge is -1.79. The van der Waals surface area contributed by atoms with E-state index in [2.05, 4.69) is 15.9 Å². The van der Waals surface area contributed by atoms with Gasteiger partial charge in [0.2, 0.25) is 0 Å². The Morgan fingerprint density at radius 1 is 2.00 bits per heavy atom. The van der Waals surface area contributed by atoms with Crippen LogP contribution in [-0.2, 0) is 0 Å². The maximum Gasteiger partial charge on any atom is 0.0952 e. The normalized spacial score (nSPS) is 10.7. The molecule has 0 aromatic rings. The molecule has 0 radical (unpaired) electrons. The summed E-state index contributed by atoms with van der Waals surface area (Å²) < 4.78 is 0. The first-order chi connectivity index (χ1) is 3.35. The van der Waals surface area contributed by atoms with Crippen LogP contribution in [0.5, 0.6) is 0 Å².